The molecule has 0 saturated carbocycles. The highest BCUT2D eigenvalue weighted by atomic mass is 16.5. The van der Waals surface area contributed by atoms with Crippen molar-refractivity contribution in [2.45, 2.75) is 72.7 Å². The van der Waals surface area contributed by atoms with Gasteiger partial charge < -0.3 is 19.5 Å². The Morgan fingerprint density at radius 3 is 2.34 bits per heavy atom. The quantitative estimate of drug-likeness (QED) is 0.419. The fourth-order valence-electron chi connectivity index (χ4n) is 4.55. The molecular weight excluding hydrogens is 482 g/mol. The van der Waals surface area contributed by atoms with Crippen LogP contribution in [0.15, 0.2) is 43.0 Å². The zero-order chi connectivity index (χ0) is 27.5. The van der Waals surface area contributed by atoms with Gasteiger partial charge in [-0.2, -0.15) is 0 Å². The monoisotopic (exact) mass is 519 g/mol. The maximum absolute atomic E-state index is 12.5. The highest BCUT2D eigenvalue weighted by Gasteiger charge is 2.36. The molecule has 0 amide bonds. The Kier molecular flexibility index (Phi) is 7.97. The van der Waals surface area contributed by atoms with E-state index >= 15 is 0 Å². The Bertz CT molecular complexity index is 1250. The van der Waals surface area contributed by atoms with Crippen LogP contribution in [0.4, 0.5) is 5.69 Å². The molecule has 202 valence electrons. The molecule has 0 aromatic carbocycles. The maximum Gasteiger partial charge on any atom is 0.337 e. The minimum atomic E-state index is -1.17. The Labute approximate surface area is 224 Å². The molecule has 3 aromatic heterocycles. The first-order valence-corrected chi connectivity index (χ1v) is 12.9. The lowest BCUT2D eigenvalue weighted by atomic mass is 9.82. The molecule has 1 N–H and O–H groups in total. The molecule has 0 radical (unpaired) electrons. The van der Waals surface area contributed by atoms with Crippen LogP contribution in [0.3, 0.4) is 0 Å². The number of aromatic nitrogens is 4. The van der Waals surface area contributed by atoms with E-state index in [0.717, 1.165) is 37.2 Å². The topological polar surface area (TPSA) is 111 Å². The minimum Gasteiger partial charge on any atom is -0.484 e. The van der Waals surface area contributed by atoms with Crippen molar-refractivity contribution in [3.8, 4) is 17.0 Å². The summed E-state index contributed by atoms with van der Waals surface area (Å²) in [4.78, 5) is 32.4. The van der Waals surface area contributed by atoms with E-state index in [1.165, 1.54) is 0 Å². The number of aryl methyl sites for hydroxylation is 1. The SMILES string of the molecule is Cc1ncc(-c2ccc(OCc3ncccn3)cn2)c(N2CCC(C)(C)CC2)c1[C@H](OC(C)(C)C)C(=O)O. The van der Waals surface area contributed by atoms with Crippen molar-refractivity contribution >= 4 is 11.7 Å². The van der Waals surface area contributed by atoms with E-state index in [9.17, 15) is 9.90 Å². The maximum atomic E-state index is 12.5. The predicted octanol–water partition coefficient (Wildman–Crippen LogP) is 5.39. The van der Waals surface area contributed by atoms with Crippen LogP contribution >= 0.6 is 0 Å². The minimum absolute atomic E-state index is 0.229. The zero-order valence-electron chi connectivity index (χ0n) is 23.1. The van der Waals surface area contributed by atoms with Crippen LogP contribution < -0.4 is 9.64 Å². The molecule has 4 rings (SSSR count). The number of carboxylic acid groups (broad SMARTS) is 1. The molecule has 0 spiro atoms. The zero-order valence-corrected chi connectivity index (χ0v) is 23.1. The molecule has 1 atom stereocenters. The van der Waals surface area contributed by atoms with Crippen LogP contribution in [-0.2, 0) is 16.1 Å². The first-order chi connectivity index (χ1) is 17.9. The number of nitrogens with zero attached hydrogens (tertiary/aromatic N) is 5. The first-order valence-electron chi connectivity index (χ1n) is 12.9. The van der Waals surface area contributed by atoms with E-state index in [-0.39, 0.29) is 12.0 Å². The van der Waals surface area contributed by atoms with Gasteiger partial charge in [0.1, 0.15) is 12.4 Å². The van der Waals surface area contributed by atoms with Gasteiger partial charge in [-0.1, -0.05) is 13.8 Å². The summed E-state index contributed by atoms with van der Waals surface area (Å²) < 4.78 is 11.9. The number of anilines is 1. The average molecular weight is 520 g/mol. The van der Waals surface area contributed by atoms with Crippen LogP contribution in [0.1, 0.15) is 70.6 Å². The van der Waals surface area contributed by atoms with E-state index in [0.29, 0.717) is 28.5 Å². The second-order valence-electron chi connectivity index (χ2n) is 11.5. The highest BCUT2D eigenvalue weighted by Crippen LogP contribution is 2.43. The average Bonchev–Trinajstić information content (AvgIpc) is 2.86. The lowest BCUT2D eigenvalue weighted by molar-refractivity contribution is -0.160. The van der Waals surface area contributed by atoms with E-state index in [4.69, 9.17) is 9.47 Å². The van der Waals surface area contributed by atoms with E-state index < -0.39 is 17.7 Å². The van der Waals surface area contributed by atoms with Gasteiger partial charge in [0, 0.05) is 48.5 Å². The number of pyridine rings is 2. The summed E-state index contributed by atoms with van der Waals surface area (Å²) in [5, 5.41) is 10.3. The van der Waals surface area contributed by atoms with E-state index in [1.807, 2.05) is 39.8 Å². The second kappa shape index (κ2) is 11.0. The molecule has 4 heterocycles. The summed E-state index contributed by atoms with van der Waals surface area (Å²) in [5.41, 5.74) is 3.05. The molecule has 0 aliphatic carbocycles. The summed E-state index contributed by atoms with van der Waals surface area (Å²) in [6.07, 6.45) is 7.60. The first kappa shape index (κ1) is 27.4. The molecular formula is C29H37N5O4. The van der Waals surface area contributed by atoms with Crippen LogP contribution in [0.25, 0.3) is 11.3 Å². The molecule has 1 fully saturated rings. The summed E-state index contributed by atoms with van der Waals surface area (Å²) >= 11 is 0. The largest absolute Gasteiger partial charge is 0.484 e. The summed E-state index contributed by atoms with van der Waals surface area (Å²) in [7, 11) is 0. The van der Waals surface area contributed by atoms with Crippen LogP contribution in [-0.4, -0.2) is 49.7 Å². The van der Waals surface area contributed by atoms with Crippen molar-refractivity contribution in [1.29, 1.82) is 0 Å². The van der Waals surface area contributed by atoms with E-state index in [1.54, 1.807) is 30.9 Å². The number of hydrogen-bond donors (Lipinski definition) is 1. The molecule has 0 unspecified atom stereocenters. The van der Waals surface area contributed by atoms with Gasteiger partial charge >= 0.3 is 5.97 Å². The molecule has 38 heavy (non-hydrogen) atoms. The standard InChI is InChI=1S/C29H37N5O4/c1-19-24(26(27(35)36)38-28(2,3)4)25(34-14-10-29(5,6)11-15-34)21(17-32-19)22-9-8-20(16-33-22)37-18-23-30-12-7-13-31-23/h7-9,12-13,16-17,26H,10-11,14-15,18H2,1-6H3,(H,35,36)/t26-/m0/s1. The molecule has 1 saturated heterocycles. The highest BCUT2D eigenvalue weighted by molar-refractivity contribution is 5.85. The van der Waals surface area contributed by atoms with Crippen molar-refractivity contribution < 1.29 is 19.4 Å². The van der Waals surface area contributed by atoms with Gasteiger partial charge in [-0.05, 0) is 64.2 Å². The third-order valence-electron chi connectivity index (χ3n) is 6.68. The molecule has 1 aliphatic heterocycles. The number of piperidine rings is 1. The smallest absolute Gasteiger partial charge is 0.337 e. The third kappa shape index (κ3) is 6.64. The lowest BCUT2D eigenvalue weighted by Crippen LogP contribution is -2.39. The number of aliphatic carboxylic acids is 1. The van der Waals surface area contributed by atoms with Crippen LogP contribution in [0.5, 0.6) is 5.75 Å². The molecule has 1 aliphatic rings. The summed E-state index contributed by atoms with van der Waals surface area (Å²) in [6, 6.07) is 5.47. The van der Waals surface area contributed by atoms with Gasteiger partial charge in [-0.3, -0.25) is 9.97 Å². The van der Waals surface area contributed by atoms with Crippen LogP contribution in [0, 0.1) is 12.3 Å². The van der Waals surface area contributed by atoms with Crippen molar-refractivity contribution in [2.75, 3.05) is 18.0 Å². The van der Waals surface area contributed by atoms with Gasteiger partial charge in [-0.15, -0.1) is 0 Å². The molecule has 3 aromatic rings. The van der Waals surface area contributed by atoms with Crippen molar-refractivity contribution in [3.05, 3.63) is 60.1 Å². The second-order valence-corrected chi connectivity index (χ2v) is 11.5. The predicted molar refractivity (Wildman–Crippen MR) is 145 cm³/mol. The van der Waals surface area contributed by atoms with Crippen molar-refractivity contribution in [1.82, 2.24) is 19.9 Å². The molecule has 9 nitrogen and oxygen atoms in total. The normalized spacial score (nSPS) is 16.2. The van der Waals surface area contributed by atoms with Gasteiger partial charge in [0.25, 0.3) is 0 Å². The Morgan fingerprint density at radius 2 is 1.76 bits per heavy atom. The summed E-state index contributed by atoms with van der Waals surface area (Å²) in [6.45, 7) is 13.8. The fourth-order valence-corrected chi connectivity index (χ4v) is 4.55. The van der Waals surface area contributed by atoms with Crippen molar-refractivity contribution in [3.63, 3.8) is 0 Å². The molecule has 9 heteroatoms. The van der Waals surface area contributed by atoms with Gasteiger partial charge in [0.15, 0.2) is 11.9 Å². The van der Waals surface area contributed by atoms with E-state index in [2.05, 4.69) is 38.7 Å². The number of hydrogen-bond acceptors (Lipinski definition) is 8. The molecule has 0 bridgehead atoms. The summed E-state index contributed by atoms with van der Waals surface area (Å²) in [5.74, 6) is 0.125. The van der Waals surface area contributed by atoms with Gasteiger partial charge in [0.2, 0.25) is 0 Å². The Morgan fingerprint density at radius 1 is 1.08 bits per heavy atom. The van der Waals surface area contributed by atoms with Gasteiger partial charge in [0.05, 0.1) is 23.2 Å². The van der Waals surface area contributed by atoms with Crippen molar-refractivity contribution in [2.24, 2.45) is 5.41 Å². The Hall–Kier alpha value is -3.59. The number of carboxylic acids is 1. The lowest BCUT2D eigenvalue weighted by Gasteiger charge is -2.40. The number of carbonyl (C=O) groups is 1. The fraction of sp³-hybridized carbons (Fsp3) is 0.483. The number of rotatable bonds is 8. The van der Waals surface area contributed by atoms with Crippen LogP contribution in [0.2, 0.25) is 0 Å². The number of ether oxygens (including phenoxy) is 2. The van der Waals surface area contributed by atoms with Gasteiger partial charge in [-0.25, -0.2) is 14.8 Å². The third-order valence-corrected chi connectivity index (χ3v) is 6.68. The Balaban J connectivity index is 1.74.